The lowest BCUT2D eigenvalue weighted by Crippen LogP contribution is -2.43. The number of rotatable bonds is 8. The number of carbonyl (C=O) groups excluding carboxylic acids is 2. The Balaban J connectivity index is 1.51. The van der Waals surface area contributed by atoms with Crippen molar-refractivity contribution < 1.29 is 14.3 Å². The molecule has 1 aromatic carbocycles. The number of unbranched alkanes of at least 4 members (excludes halogenated alkanes) is 1. The number of benzene rings is 1. The average Bonchev–Trinajstić information content (AvgIpc) is 3.47. The van der Waals surface area contributed by atoms with Crippen molar-refractivity contribution >= 4 is 39.4 Å². The molecule has 0 spiro atoms. The summed E-state index contributed by atoms with van der Waals surface area (Å²) in [4.78, 5) is 35.7. The molecular weight excluding hydrogens is 428 g/mol. The summed E-state index contributed by atoms with van der Waals surface area (Å²) < 4.78 is 5.26. The second kappa shape index (κ2) is 10.5. The van der Waals surface area contributed by atoms with Crippen molar-refractivity contribution in [1.82, 2.24) is 25.9 Å². The lowest BCUT2D eigenvalue weighted by atomic mass is 10.1. The fraction of sp³-hybridized carbons (Fsp3) is 0.409. The first kappa shape index (κ1) is 22.1. The molecule has 1 unspecified atom stereocenters. The van der Waals surface area contributed by atoms with Gasteiger partial charge < -0.3 is 25.3 Å². The Bertz CT molecular complexity index is 1060. The summed E-state index contributed by atoms with van der Waals surface area (Å²) in [6.07, 6.45) is 3.77. The van der Waals surface area contributed by atoms with Crippen LogP contribution in [0.5, 0.6) is 0 Å². The van der Waals surface area contributed by atoms with Gasteiger partial charge in [-0.3, -0.25) is 10.1 Å². The Hall–Kier alpha value is -3.11. The fourth-order valence-electron chi connectivity index (χ4n) is 3.57. The minimum atomic E-state index is -0.752. The van der Waals surface area contributed by atoms with Crippen molar-refractivity contribution in [3.8, 4) is 0 Å². The Labute approximate surface area is 190 Å². The number of hydrogen-bond acceptors (Lipinski definition) is 7. The lowest BCUT2D eigenvalue weighted by molar-refractivity contribution is 0.0926. The highest BCUT2D eigenvalue weighted by Gasteiger charge is 2.24. The van der Waals surface area contributed by atoms with Gasteiger partial charge in [-0.15, -0.1) is 0 Å². The largest absolute Gasteiger partial charge is 0.450 e. The predicted octanol–water partition coefficient (Wildman–Crippen LogP) is 2.99. The summed E-state index contributed by atoms with van der Waals surface area (Å²) in [5.41, 5.74) is 1.68. The molecule has 170 valence electrons. The third-order valence-electron chi connectivity index (χ3n) is 5.31. The molecule has 3 aromatic rings. The molecule has 2 amide bonds. The standard InChI is InChI=1S/C22H28N6O3S/c1-2-3-12-31-22(30)27-19(16-13-24-17-7-5-4-6-15(16)17)26-20(29)18-14-25-21(32-18)28-10-8-23-9-11-28/h4-7,13-14,19,23-24H,2-3,8-12H2,1H3,(H,26,29)(H,27,30). The third kappa shape index (κ3) is 5.20. The summed E-state index contributed by atoms with van der Waals surface area (Å²) >= 11 is 1.35. The number of anilines is 1. The number of piperazine rings is 1. The van der Waals surface area contributed by atoms with Crippen molar-refractivity contribution in [1.29, 1.82) is 0 Å². The average molecular weight is 457 g/mol. The maximum absolute atomic E-state index is 13.1. The molecule has 1 fully saturated rings. The van der Waals surface area contributed by atoms with Gasteiger partial charge in [0.1, 0.15) is 11.0 Å². The van der Waals surface area contributed by atoms with E-state index in [0.717, 1.165) is 60.6 Å². The Morgan fingerprint density at radius 1 is 1.25 bits per heavy atom. The van der Waals surface area contributed by atoms with E-state index >= 15 is 0 Å². The number of fused-ring (bicyclic) bond motifs is 1. The number of alkyl carbamates (subject to hydrolysis) is 1. The number of amides is 2. The van der Waals surface area contributed by atoms with E-state index in [1.165, 1.54) is 11.3 Å². The zero-order valence-electron chi connectivity index (χ0n) is 18.0. The molecule has 10 heteroatoms. The van der Waals surface area contributed by atoms with Gasteiger partial charge in [0, 0.05) is 48.8 Å². The van der Waals surface area contributed by atoms with E-state index in [2.05, 4.69) is 30.8 Å². The number of aromatic amines is 1. The Kier molecular flexibility index (Phi) is 7.23. The van der Waals surface area contributed by atoms with Crippen molar-refractivity contribution in [3.63, 3.8) is 0 Å². The second-order valence-electron chi connectivity index (χ2n) is 7.57. The molecule has 2 aromatic heterocycles. The fourth-order valence-corrected chi connectivity index (χ4v) is 4.44. The number of H-pyrrole nitrogens is 1. The molecule has 1 aliphatic rings. The van der Waals surface area contributed by atoms with Crippen LogP contribution in [0.3, 0.4) is 0 Å². The van der Waals surface area contributed by atoms with E-state index in [1.54, 1.807) is 12.4 Å². The molecule has 1 aliphatic heterocycles. The highest BCUT2D eigenvalue weighted by molar-refractivity contribution is 7.17. The second-order valence-corrected chi connectivity index (χ2v) is 8.58. The molecule has 9 nitrogen and oxygen atoms in total. The van der Waals surface area contributed by atoms with Gasteiger partial charge in [0.25, 0.3) is 5.91 Å². The molecule has 3 heterocycles. The number of nitrogens with one attached hydrogen (secondary N) is 4. The van der Waals surface area contributed by atoms with Crippen LogP contribution in [0.15, 0.2) is 36.7 Å². The molecule has 0 radical (unpaired) electrons. The van der Waals surface area contributed by atoms with E-state index in [9.17, 15) is 9.59 Å². The highest BCUT2D eigenvalue weighted by atomic mass is 32.1. The van der Waals surface area contributed by atoms with Crippen molar-refractivity contribution in [2.45, 2.75) is 25.9 Å². The monoisotopic (exact) mass is 456 g/mol. The molecule has 4 rings (SSSR count). The summed E-state index contributed by atoms with van der Waals surface area (Å²) in [6, 6.07) is 7.73. The van der Waals surface area contributed by atoms with Gasteiger partial charge in [-0.25, -0.2) is 9.78 Å². The number of carbonyl (C=O) groups is 2. The number of thiazole rings is 1. The van der Waals surface area contributed by atoms with Crippen LogP contribution in [-0.2, 0) is 4.74 Å². The molecule has 0 aliphatic carbocycles. The van der Waals surface area contributed by atoms with Crippen LogP contribution >= 0.6 is 11.3 Å². The zero-order valence-corrected chi connectivity index (χ0v) is 18.8. The number of aromatic nitrogens is 2. The molecule has 0 bridgehead atoms. The molecule has 1 saturated heterocycles. The summed E-state index contributed by atoms with van der Waals surface area (Å²) in [6.45, 7) is 5.87. The van der Waals surface area contributed by atoms with Gasteiger partial charge in [0.15, 0.2) is 5.13 Å². The lowest BCUT2D eigenvalue weighted by Gasteiger charge is -2.26. The summed E-state index contributed by atoms with van der Waals surface area (Å²) in [5, 5.41) is 10.8. The first-order valence-corrected chi connectivity index (χ1v) is 11.7. The Morgan fingerprint density at radius 3 is 2.88 bits per heavy atom. The van der Waals surface area contributed by atoms with E-state index in [-0.39, 0.29) is 5.91 Å². The number of ether oxygens (including phenoxy) is 1. The van der Waals surface area contributed by atoms with Crippen LogP contribution in [0.2, 0.25) is 0 Å². The quantitative estimate of drug-likeness (QED) is 0.306. The van der Waals surface area contributed by atoms with Crippen molar-refractivity contribution in [2.24, 2.45) is 0 Å². The minimum absolute atomic E-state index is 0.298. The van der Waals surface area contributed by atoms with Crippen molar-refractivity contribution in [2.75, 3.05) is 37.7 Å². The van der Waals surface area contributed by atoms with Gasteiger partial charge in [-0.1, -0.05) is 42.9 Å². The van der Waals surface area contributed by atoms with Gasteiger partial charge in [-0.2, -0.15) is 0 Å². The van der Waals surface area contributed by atoms with Gasteiger partial charge >= 0.3 is 6.09 Å². The number of hydrogen-bond donors (Lipinski definition) is 4. The van der Waals surface area contributed by atoms with Gasteiger partial charge in [0.05, 0.1) is 12.8 Å². The molecule has 4 N–H and O–H groups in total. The van der Waals surface area contributed by atoms with E-state index < -0.39 is 12.3 Å². The summed E-state index contributed by atoms with van der Waals surface area (Å²) in [7, 11) is 0. The molecular formula is C22H28N6O3S. The van der Waals surface area contributed by atoms with Crippen LogP contribution in [0.1, 0.15) is 41.2 Å². The molecule has 0 saturated carbocycles. The molecule has 1 atom stereocenters. The van der Waals surface area contributed by atoms with Crippen LogP contribution in [0, 0.1) is 0 Å². The smallest absolute Gasteiger partial charge is 0.409 e. The summed E-state index contributed by atoms with van der Waals surface area (Å²) in [5.74, 6) is -0.298. The van der Waals surface area contributed by atoms with Gasteiger partial charge in [-0.05, 0) is 12.5 Å². The zero-order chi connectivity index (χ0) is 22.3. The minimum Gasteiger partial charge on any atom is -0.450 e. The maximum atomic E-state index is 13.1. The third-order valence-corrected chi connectivity index (χ3v) is 6.36. The SMILES string of the molecule is CCCCOC(=O)NC(NC(=O)c1cnc(N2CCNCC2)s1)c1c[nH]c2ccccc12. The predicted molar refractivity (Wildman–Crippen MR) is 125 cm³/mol. The van der Waals surface area contributed by atoms with Crippen molar-refractivity contribution in [3.05, 3.63) is 47.1 Å². The van der Waals surface area contributed by atoms with Crippen LogP contribution in [-0.4, -0.2) is 54.8 Å². The van der Waals surface area contributed by atoms with Crippen LogP contribution in [0.25, 0.3) is 10.9 Å². The molecule has 32 heavy (non-hydrogen) atoms. The first-order valence-electron chi connectivity index (χ1n) is 10.9. The van der Waals surface area contributed by atoms with E-state index in [4.69, 9.17) is 4.74 Å². The maximum Gasteiger partial charge on any atom is 0.409 e. The van der Waals surface area contributed by atoms with E-state index in [0.29, 0.717) is 11.5 Å². The number of para-hydroxylation sites is 1. The van der Waals surface area contributed by atoms with Crippen LogP contribution < -0.4 is 20.9 Å². The van der Waals surface area contributed by atoms with E-state index in [1.807, 2.05) is 31.2 Å². The highest BCUT2D eigenvalue weighted by Crippen LogP contribution is 2.26. The first-order chi connectivity index (χ1) is 15.7. The Morgan fingerprint density at radius 2 is 2.06 bits per heavy atom. The normalized spacial score (nSPS) is 14.8. The van der Waals surface area contributed by atoms with Gasteiger partial charge in [0.2, 0.25) is 0 Å². The number of nitrogens with zero attached hydrogens (tertiary/aromatic N) is 2. The van der Waals surface area contributed by atoms with Crippen LogP contribution in [0.4, 0.5) is 9.93 Å². The topological polar surface area (TPSA) is 111 Å².